The van der Waals surface area contributed by atoms with Gasteiger partial charge in [-0.1, -0.05) is 12.8 Å². The molecule has 2 aliphatic carbocycles. The molecule has 16 heavy (non-hydrogen) atoms. The molecule has 3 unspecified atom stereocenters. The summed E-state index contributed by atoms with van der Waals surface area (Å²) in [5.41, 5.74) is 0. The Hall–Kier alpha value is -0.0800. The predicted molar refractivity (Wildman–Crippen MR) is 67.6 cm³/mol. The van der Waals surface area contributed by atoms with Crippen LogP contribution in [0.3, 0.4) is 0 Å². The van der Waals surface area contributed by atoms with Crippen molar-refractivity contribution in [1.82, 2.24) is 10.2 Å². The van der Waals surface area contributed by atoms with Gasteiger partial charge >= 0.3 is 0 Å². The topological polar surface area (TPSA) is 15.3 Å². The molecule has 2 nitrogen and oxygen atoms in total. The number of piperidine rings is 1. The fourth-order valence-electron chi connectivity index (χ4n) is 3.73. The van der Waals surface area contributed by atoms with Crippen LogP contribution in [0.15, 0.2) is 0 Å². The van der Waals surface area contributed by atoms with Gasteiger partial charge in [-0.15, -0.1) is 0 Å². The van der Waals surface area contributed by atoms with E-state index in [1.54, 1.807) is 0 Å². The highest BCUT2D eigenvalue weighted by molar-refractivity contribution is 4.92. The zero-order valence-electron chi connectivity index (χ0n) is 10.6. The number of hydrogen-bond donors (Lipinski definition) is 1. The summed E-state index contributed by atoms with van der Waals surface area (Å²) < 4.78 is 0. The Kier molecular flexibility index (Phi) is 3.21. The average Bonchev–Trinajstić information content (AvgIpc) is 3.12. The van der Waals surface area contributed by atoms with Crippen molar-refractivity contribution in [2.75, 3.05) is 13.6 Å². The number of fused-ring (bicyclic) bond motifs is 1. The van der Waals surface area contributed by atoms with Gasteiger partial charge in [0.1, 0.15) is 0 Å². The van der Waals surface area contributed by atoms with E-state index in [1.807, 2.05) is 0 Å². The van der Waals surface area contributed by atoms with Crippen LogP contribution < -0.4 is 5.32 Å². The summed E-state index contributed by atoms with van der Waals surface area (Å²) in [7, 11) is 2.31. The largest absolute Gasteiger partial charge is 0.310 e. The molecule has 3 aliphatic rings. The first kappa shape index (κ1) is 11.0. The molecule has 3 fully saturated rings. The normalized spacial score (nSPS) is 39.8. The summed E-state index contributed by atoms with van der Waals surface area (Å²) in [6.07, 6.45) is 11.6. The van der Waals surface area contributed by atoms with E-state index in [-0.39, 0.29) is 0 Å². The summed E-state index contributed by atoms with van der Waals surface area (Å²) in [6.45, 7) is 1.29. The van der Waals surface area contributed by atoms with Crippen LogP contribution in [0.2, 0.25) is 0 Å². The second-order valence-corrected chi connectivity index (χ2v) is 6.26. The smallest absolute Gasteiger partial charge is 0.0197 e. The quantitative estimate of drug-likeness (QED) is 0.789. The van der Waals surface area contributed by atoms with Crippen LogP contribution in [0, 0.1) is 5.92 Å². The summed E-state index contributed by atoms with van der Waals surface area (Å²) >= 11 is 0. The summed E-state index contributed by atoms with van der Waals surface area (Å²) in [6, 6.07) is 2.57. The van der Waals surface area contributed by atoms with Crippen molar-refractivity contribution < 1.29 is 0 Å². The molecule has 3 rings (SSSR count). The lowest BCUT2D eigenvalue weighted by molar-refractivity contribution is 0.151. The Labute approximate surface area is 99.8 Å². The van der Waals surface area contributed by atoms with Gasteiger partial charge in [-0.05, 0) is 51.5 Å². The van der Waals surface area contributed by atoms with Gasteiger partial charge in [-0.25, -0.2) is 0 Å². The molecule has 0 aromatic heterocycles. The van der Waals surface area contributed by atoms with Gasteiger partial charge in [-0.2, -0.15) is 0 Å². The second-order valence-electron chi connectivity index (χ2n) is 6.26. The second kappa shape index (κ2) is 4.66. The van der Waals surface area contributed by atoms with Crippen LogP contribution >= 0.6 is 0 Å². The third kappa shape index (κ3) is 2.43. The van der Waals surface area contributed by atoms with E-state index in [2.05, 4.69) is 17.3 Å². The average molecular weight is 222 g/mol. The molecule has 1 aliphatic heterocycles. The molecule has 0 bridgehead atoms. The third-order valence-corrected chi connectivity index (χ3v) is 4.92. The van der Waals surface area contributed by atoms with E-state index in [0.29, 0.717) is 0 Å². The van der Waals surface area contributed by atoms with Crippen molar-refractivity contribution in [3.05, 3.63) is 0 Å². The highest BCUT2D eigenvalue weighted by atomic mass is 15.2. The minimum Gasteiger partial charge on any atom is -0.310 e. The Bertz CT molecular complexity index is 237. The van der Waals surface area contributed by atoms with Crippen LogP contribution in [0.25, 0.3) is 0 Å². The Morgan fingerprint density at radius 3 is 2.62 bits per heavy atom. The molecule has 3 atom stereocenters. The Morgan fingerprint density at radius 2 is 1.81 bits per heavy atom. The van der Waals surface area contributed by atoms with Gasteiger partial charge in [0.15, 0.2) is 0 Å². The third-order valence-electron chi connectivity index (χ3n) is 4.92. The predicted octanol–water partition coefficient (Wildman–Crippen LogP) is 2.39. The Morgan fingerprint density at radius 1 is 1.00 bits per heavy atom. The van der Waals surface area contributed by atoms with Crippen molar-refractivity contribution in [3.8, 4) is 0 Å². The summed E-state index contributed by atoms with van der Waals surface area (Å²) in [5, 5.41) is 3.93. The highest BCUT2D eigenvalue weighted by Gasteiger charge is 2.33. The zero-order chi connectivity index (χ0) is 11.0. The molecule has 1 saturated heterocycles. The van der Waals surface area contributed by atoms with Crippen molar-refractivity contribution in [2.45, 2.75) is 69.5 Å². The van der Waals surface area contributed by atoms with E-state index in [9.17, 15) is 0 Å². The Balaban J connectivity index is 1.49. The van der Waals surface area contributed by atoms with Crippen molar-refractivity contribution in [3.63, 3.8) is 0 Å². The molecular weight excluding hydrogens is 196 g/mol. The molecule has 0 aromatic rings. The standard InChI is InChI=1S/C14H26N2/c1-16(13-8-9-13)10-12-7-6-11-4-2-3-5-14(11)15-12/h11-15H,2-10H2,1H3. The van der Waals surface area contributed by atoms with Crippen LogP contribution in [-0.4, -0.2) is 36.6 Å². The lowest BCUT2D eigenvalue weighted by atomic mass is 9.78. The maximum atomic E-state index is 3.93. The molecular formula is C14H26N2. The number of rotatable bonds is 3. The molecule has 0 spiro atoms. The summed E-state index contributed by atoms with van der Waals surface area (Å²) in [4.78, 5) is 2.58. The first-order valence-electron chi connectivity index (χ1n) is 7.29. The van der Waals surface area contributed by atoms with E-state index < -0.39 is 0 Å². The van der Waals surface area contributed by atoms with Crippen molar-refractivity contribution in [1.29, 1.82) is 0 Å². The van der Waals surface area contributed by atoms with Crippen LogP contribution in [0.1, 0.15) is 51.4 Å². The van der Waals surface area contributed by atoms with Gasteiger partial charge in [0, 0.05) is 24.7 Å². The fraction of sp³-hybridized carbons (Fsp3) is 1.00. The number of hydrogen-bond acceptors (Lipinski definition) is 2. The fourth-order valence-corrected chi connectivity index (χ4v) is 3.73. The van der Waals surface area contributed by atoms with E-state index in [1.165, 1.54) is 57.9 Å². The van der Waals surface area contributed by atoms with Gasteiger partial charge < -0.3 is 10.2 Å². The van der Waals surface area contributed by atoms with E-state index in [0.717, 1.165) is 24.0 Å². The number of likely N-dealkylation sites (N-methyl/N-ethyl adjacent to an activating group) is 1. The van der Waals surface area contributed by atoms with Crippen LogP contribution in [0.5, 0.6) is 0 Å². The number of nitrogens with zero attached hydrogens (tertiary/aromatic N) is 1. The molecule has 0 radical (unpaired) electrons. The molecule has 0 aromatic carbocycles. The van der Waals surface area contributed by atoms with E-state index >= 15 is 0 Å². The molecule has 1 N–H and O–H groups in total. The first-order chi connectivity index (χ1) is 7.83. The minimum absolute atomic E-state index is 0.782. The van der Waals surface area contributed by atoms with Gasteiger partial charge in [0.05, 0.1) is 0 Å². The van der Waals surface area contributed by atoms with Gasteiger partial charge in [0.2, 0.25) is 0 Å². The monoisotopic (exact) mass is 222 g/mol. The molecule has 0 amide bonds. The van der Waals surface area contributed by atoms with Gasteiger partial charge in [0.25, 0.3) is 0 Å². The summed E-state index contributed by atoms with van der Waals surface area (Å²) in [5.74, 6) is 1.01. The molecule has 92 valence electrons. The van der Waals surface area contributed by atoms with Crippen LogP contribution in [0.4, 0.5) is 0 Å². The molecule has 2 saturated carbocycles. The minimum atomic E-state index is 0.782. The van der Waals surface area contributed by atoms with Gasteiger partial charge in [-0.3, -0.25) is 0 Å². The maximum Gasteiger partial charge on any atom is 0.0197 e. The molecule has 2 heteroatoms. The number of nitrogens with one attached hydrogen (secondary N) is 1. The van der Waals surface area contributed by atoms with Crippen molar-refractivity contribution in [2.24, 2.45) is 5.92 Å². The highest BCUT2D eigenvalue weighted by Crippen LogP contribution is 2.33. The first-order valence-corrected chi connectivity index (χ1v) is 7.29. The van der Waals surface area contributed by atoms with Crippen molar-refractivity contribution >= 4 is 0 Å². The SMILES string of the molecule is CN(CC1CCC2CCCCC2N1)C1CC1. The zero-order valence-corrected chi connectivity index (χ0v) is 10.6. The lowest BCUT2D eigenvalue weighted by Crippen LogP contribution is -2.52. The molecule has 1 heterocycles. The lowest BCUT2D eigenvalue weighted by Gasteiger charge is -2.41. The maximum absolute atomic E-state index is 3.93. The van der Waals surface area contributed by atoms with Crippen LogP contribution in [-0.2, 0) is 0 Å². The van der Waals surface area contributed by atoms with E-state index in [4.69, 9.17) is 0 Å².